The summed E-state index contributed by atoms with van der Waals surface area (Å²) in [6.07, 6.45) is 0. The number of likely N-dealkylation sites (N-methyl/N-ethyl adjacent to an activating group) is 1. The van der Waals surface area contributed by atoms with Crippen LogP contribution in [0.4, 0.5) is 5.69 Å². The van der Waals surface area contributed by atoms with E-state index in [1.807, 2.05) is 23.9 Å². The van der Waals surface area contributed by atoms with Crippen molar-refractivity contribution in [2.45, 2.75) is 17.4 Å². The standard InChI is InChI=1S/C17H20N2S/c1-19(10-13-6-8-15(18)9-7-13)11-14-12-20-17-5-3-2-4-16(14)17/h2-9,14H,10-12,18H2,1H3. The van der Waals surface area contributed by atoms with E-state index in [1.54, 1.807) is 0 Å². The molecule has 0 bridgehead atoms. The van der Waals surface area contributed by atoms with Crippen LogP contribution in [-0.4, -0.2) is 24.2 Å². The van der Waals surface area contributed by atoms with Crippen molar-refractivity contribution in [1.82, 2.24) is 4.90 Å². The van der Waals surface area contributed by atoms with E-state index in [9.17, 15) is 0 Å². The summed E-state index contributed by atoms with van der Waals surface area (Å²) in [6, 6.07) is 17.0. The van der Waals surface area contributed by atoms with Gasteiger partial charge in [0, 0.05) is 35.3 Å². The van der Waals surface area contributed by atoms with Gasteiger partial charge in [0.05, 0.1) is 0 Å². The van der Waals surface area contributed by atoms with Gasteiger partial charge in [0.1, 0.15) is 0 Å². The summed E-state index contributed by atoms with van der Waals surface area (Å²) < 4.78 is 0. The van der Waals surface area contributed by atoms with Gasteiger partial charge < -0.3 is 10.6 Å². The summed E-state index contributed by atoms with van der Waals surface area (Å²) in [6.45, 7) is 2.08. The van der Waals surface area contributed by atoms with Crippen molar-refractivity contribution in [1.29, 1.82) is 0 Å². The number of fused-ring (bicyclic) bond motifs is 1. The number of nitrogens with zero attached hydrogens (tertiary/aromatic N) is 1. The molecular weight excluding hydrogens is 264 g/mol. The van der Waals surface area contributed by atoms with E-state index < -0.39 is 0 Å². The highest BCUT2D eigenvalue weighted by molar-refractivity contribution is 7.99. The largest absolute Gasteiger partial charge is 0.399 e. The van der Waals surface area contributed by atoms with Crippen molar-refractivity contribution in [2.24, 2.45) is 0 Å². The minimum atomic E-state index is 0.648. The molecule has 2 aromatic carbocycles. The van der Waals surface area contributed by atoms with E-state index in [4.69, 9.17) is 5.73 Å². The van der Waals surface area contributed by atoms with Gasteiger partial charge in [0.15, 0.2) is 0 Å². The predicted molar refractivity (Wildman–Crippen MR) is 87.1 cm³/mol. The Labute approximate surface area is 125 Å². The van der Waals surface area contributed by atoms with Gasteiger partial charge in [-0.15, -0.1) is 11.8 Å². The lowest BCUT2D eigenvalue weighted by molar-refractivity contribution is 0.311. The summed E-state index contributed by atoms with van der Waals surface area (Å²) in [4.78, 5) is 3.86. The Balaban J connectivity index is 1.62. The molecule has 2 aromatic rings. The summed E-state index contributed by atoms with van der Waals surface area (Å²) in [7, 11) is 2.20. The quantitative estimate of drug-likeness (QED) is 0.870. The molecule has 2 nitrogen and oxygen atoms in total. The number of nitrogens with two attached hydrogens (primary N) is 1. The lowest BCUT2D eigenvalue weighted by atomic mass is 10.0. The average Bonchev–Trinajstić information content (AvgIpc) is 2.85. The average molecular weight is 284 g/mol. The van der Waals surface area contributed by atoms with Crippen LogP contribution in [0, 0.1) is 0 Å². The zero-order chi connectivity index (χ0) is 13.9. The summed E-state index contributed by atoms with van der Waals surface area (Å²) in [5, 5.41) is 0. The fourth-order valence-corrected chi connectivity index (χ4v) is 4.00. The van der Waals surface area contributed by atoms with Gasteiger partial charge in [0.25, 0.3) is 0 Å². The molecular formula is C17H20N2S. The molecule has 0 radical (unpaired) electrons. The molecule has 104 valence electrons. The maximum absolute atomic E-state index is 5.73. The van der Waals surface area contributed by atoms with Crippen LogP contribution >= 0.6 is 11.8 Å². The zero-order valence-corrected chi connectivity index (χ0v) is 12.6. The van der Waals surface area contributed by atoms with Crippen molar-refractivity contribution in [3.05, 3.63) is 59.7 Å². The molecule has 0 aliphatic carbocycles. The first-order valence-electron chi connectivity index (χ1n) is 6.97. The predicted octanol–water partition coefficient (Wildman–Crippen LogP) is 3.59. The number of benzene rings is 2. The molecule has 0 saturated carbocycles. The number of rotatable bonds is 4. The maximum Gasteiger partial charge on any atom is 0.0314 e. The zero-order valence-electron chi connectivity index (χ0n) is 11.8. The van der Waals surface area contributed by atoms with Crippen LogP contribution in [-0.2, 0) is 6.54 Å². The smallest absolute Gasteiger partial charge is 0.0314 e. The Morgan fingerprint density at radius 1 is 1.15 bits per heavy atom. The van der Waals surface area contributed by atoms with Gasteiger partial charge >= 0.3 is 0 Å². The third-order valence-corrected chi connectivity index (χ3v) is 5.01. The fraction of sp³-hybridized carbons (Fsp3) is 0.294. The molecule has 1 heterocycles. The van der Waals surface area contributed by atoms with Crippen molar-refractivity contribution < 1.29 is 0 Å². The normalized spacial score (nSPS) is 17.4. The molecule has 20 heavy (non-hydrogen) atoms. The molecule has 1 aliphatic heterocycles. The van der Waals surface area contributed by atoms with Crippen LogP contribution in [0.1, 0.15) is 17.0 Å². The van der Waals surface area contributed by atoms with E-state index in [0.717, 1.165) is 18.8 Å². The van der Waals surface area contributed by atoms with Crippen LogP contribution in [0.15, 0.2) is 53.4 Å². The fourth-order valence-electron chi connectivity index (χ4n) is 2.76. The van der Waals surface area contributed by atoms with Crippen molar-refractivity contribution in [3.8, 4) is 0 Å². The van der Waals surface area contributed by atoms with Crippen molar-refractivity contribution in [2.75, 3.05) is 25.1 Å². The highest BCUT2D eigenvalue weighted by Gasteiger charge is 2.23. The first-order chi connectivity index (χ1) is 9.72. The minimum absolute atomic E-state index is 0.648. The first-order valence-corrected chi connectivity index (χ1v) is 7.95. The molecule has 0 fully saturated rings. The molecule has 1 aliphatic rings. The monoisotopic (exact) mass is 284 g/mol. The molecule has 1 atom stereocenters. The van der Waals surface area contributed by atoms with Crippen LogP contribution in [0.25, 0.3) is 0 Å². The SMILES string of the molecule is CN(Cc1ccc(N)cc1)CC1CSc2ccccc21. The molecule has 0 aromatic heterocycles. The van der Waals surface area contributed by atoms with E-state index in [2.05, 4.69) is 48.3 Å². The third-order valence-electron chi connectivity index (χ3n) is 3.76. The van der Waals surface area contributed by atoms with Gasteiger partial charge in [0.2, 0.25) is 0 Å². The summed E-state index contributed by atoms with van der Waals surface area (Å²) in [5.41, 5.74) is 9.39. The van der Waals surface area contributed by atoms with Crippen LogP contribution in [0.3, 0.4) is 0 Å². The lowest BCUT2D eigenvalue weighted by Gasteiger charge is -2.21. The Hall–Kier alpha value is -1.45. The topological polar surface area (TPSA) is 29.3 Å². The van der Waals surface area contributed by atoms with E-state index >= 15 is 0 Å². The number of anilines is 1. The van der Waals surface area contributed by atoms with Crippen molar-refractivity contribution >= 4 is 17.4 Å². The Bertz CT molecular complexity index is 580. The van der Waals surface area contributed by atoms with Crippen LogP contribution < -0.4 is 5.73 Å². The number of nitrogen functional groups attached to an aromatic ring is 1. The molecule has 2 N–H and O–H groups in total. The second-order valence-corrected chi connectivity index (χ2v) is 6.55. The molecule has 0 amide bonds. The van der Waals surface area contributed by atoms with E-state index in [0.29, 0.717) is 5.92 Å². The Morgan fingerprint density at radius 2 is 1.90 bits per heavy atom. The van der Waals surface area contributed by atoms with Gasteiger partial charge in [-0.2, -0.15) is 0 Å². The number of hydrogen-bond acceptors (Lipinski definition) is 3. The van der Waals surface area contributed by atoms with E-state index in [-0.39, 0.29) is 0 Å². The molecule has 3 heteroatoms. The molecule has 1 unspecified atom stereocenters. The number of hydrogen-bond donors (Lipinski definition) is 1. The van der Waals surface area contributed by atoms with Crippen LogP contribution in [0.5, 0.6) is 0 Å². The van der Waals surface area contributed by atoms with Crippen molar-refractivity contribution in [3.63, 3.8) is 0 Å². The van der Waals surface area contributed by atoms with Gasteiger partial charge in [-0.1, -0.05) is 30.3 Å². The van der Waals surface area contributed by atoms with Gasteiger partial charge in [-0.25, -0.2) is 0 Å². The Kier molecular flexibility index (Phi) is 3.99. The van der Waals surface area contributed by atoms with Gasteiger partial charge in [-0.3, -0.25) is 0 Å². The number of thioether (sulfide) groups is 1. The maximum atomic E-state index is 5.73. The second kappa shape index (κ2) is 5.90. The first kappa shape index (κ1) is 13.5. The molecule has 0 saturated heterocycles. The Morgan fingerprint density at radius 3 is 2.70 bits per heavy atom. The van der Waals surface area contributed by atoms with E-state index in [1.165, 1.54) is 21.8 Å². The lowest BCUT2D eigenvalue weighted by Crippen LogP contribution is -2.24. The molecule has 3 rings (SSSR count). The molecule has 0 spiro atoms. The summed E-state index contributed by atoms with van der Waals surface area (Å²) >= 11 is 1.98. The van der Waals surface area contributed by atoms with Crippen LogP contribution in [0.2, 0.25) is 0 Å². The second-order valence-electron chi connectivity index (χ2n) is 5.48. The third kappa shape index (κ3) is 3.00. The minimum Gasteiger partial charge on any atom is -0.399 e. The highest BCUT2D eigenvalue weighted by Crippen LogP contribution is 2.39. The summed E-state index contributed by atoms with van der Waals surface area (Å²) in [5.74, 6) is 1.85. The highest BCUT2D eigenvalue weighted by atomic mass is 32.2. The van der Waals surface area contributed by atoms with Gasteiger partial charge in [-0.05, 0) is 36.4 Å².